The molecule has 2 aliphatic rings. The number of nitrogens with one attached hydrogen (secondary N) is 2. The van der Waals surface area contributed by atoms with Gasteiger partial charge in [0.2, 0.25) is 0 Å². The van der Waals surface area contributed by atoms with Crippen molar-refractivity contribution in [1.29, 1.82) is 0 Å². The Balaban J connectivity index is 0.000000208. The van der Waals surface area contributed by atoms with Crippen molar-refractivity contribution in [2.24, 2.45) is 0 Å². The van der Waals surface area contributed by atoms with E-state index < -0.39 is 12.3 Å². The minimum atomic E-state index is -4.77. The predicted octanol–water partition coefficient (Wildman–Crippen LogP) is 9.36. The zero-order chi connectivity index (χ0) is 50.0. The molecular weight excluding hydrogens is 949 g/mol. The first-order valence-corrected chi connectivity index (χ1v) is 23.8. The van der Waals surface area contributed by atoms with Gasteiger partial charge in [-0.1, -0.05) is 23.2 Å². The van der Waals surface area contributed by atoms with Crippen LogP contribution in [-0.2, 0) is 9.59 Å². The van der Waals surface area contributed by atoms with Crippen LogP contribution in [-0.4, -0.2) is 128 Å². The maximum Gasteiger partial charge on any atom is 0.573 e. The van der Waals surface area contributed by atoms with E-state index in [4.69, 9.17) is 42.6 Å². The smallest absolute Gasteiger partial charge is 0.484 e. The molecule has 19 heteroatoms. The van der Waals surface area contributed by atoms with Crippen molar-refractivity contribution < 1.29 is 42.1 Å². The molecule has 2 aromatic heterocycles. The second-order valence-electron chi connectivity index (χ2n) is 17.3. The number of rotatable bonds is 14. The highest BCUT2D eigenvalue weighted by Gasteiger charge is 2.31. The Morgan fingerprint density at radius 2 is 1.23 bits per heavy atom. The Hall–Kier alpha value is -6.11. The van der Waals surface area contributed by atoms with E-state index in [0.717, 1.165) is 115 Å². The molecule has 372 valence electrons. The van der Waals surface area contributed by atoms with E-state index in [1.807, 2.05) is 43.3 Å². The van der Waals surface area contributed by atoms with Crippen molar-refractivity contribution in [3.05, 3.63) is 112 Å². The number of carbonyl (C=O) groups excluding carboxylic acids is 2. The molecule has 6 aromatic rings. The standard InChI is InChI=1S/C26H29F3N4O4.C25H28Cl2N4O2/c1-18-15-24(33-10-2-9-32(11-12-33)13-14-34)31-23-8-3-19(16-22(18)23)30-25(35)17-36-20-4-6-21(7-5-20)37-26(27,28)29;1-16(2)30-8-10-31(11-9-30)24-12-17(3)20-14-19(5-6-22(20)29-24)28-25(32)15-33-23-7-4-18(26)13-21(23)27/h3-8,15-16,34H,2,9-14,17H2,1H3,(H,30,35);4-7,12-14,16H,8-11,15H2,1-3H3,(H,28,32). The number of aryl methyl sites for hydroxylation is 2. The van der Waals surface area contributed by atoms with Crippen LogP contribution in [0.15, 0.2) is 91.0 Å². The van der Waals surface area contributed by atoms with Crippen LogP contribution in [0.25, 0.3) is 21.8 Å². The molecule has 2 aliphatic heterocycles. The molecule has 4 heterocycles. The number of hydrogen-bond acceptors (Lipinski definition) is 12. The third kappa shape index (κ3) is 14.5. The first-order chi connectivity index (χ1) is 33.5. The summed E-state index contributed by atoms with van der Waals surface area (Å²) in [5.74, 6) is 1.52. The van der Waals surface area contributed by atoms with Crippen LogP contribution in [0.1, 0.15) is 31.4 Å². The number of aliphatic hydroxyl groups is 1. The molecular formula is C51H57Cl2F3N8O6. The highest BCUT2D eigenvalue weighted by Crippen LogP contribution is 2.30. The number of carbonyl (C=O) groups is 2. The summed E-state index contributed by atoms with van der Waals surface area (Å²) in [6.45, 7) is 16.5. The lowest BCUT2D eigenvalue weighted by Crippen LogP contribution is -2.49. The average Bonchev–Trinajstić information content (AvgIpc) is 3.57. The van der Waals surface area contributed by atoms with Gasteiger partial charge in [0.15, 0.2) is 13.2 Å². The van der Waals surface area contributed by atoms with Crippen LogP contribution in [0.3, 0.4) is 0 Å². The molecule has 2 saturated heterocycles. The van der Waals surface area contributed by atoms with Crippen molar-refractivity contribution in [1.82, 2.24) is 19.8 Å². The Morgan fingerprint density at radius 3 is 1.77 bits per heavy atom. The number of ether oxygens (including phenoxy) is 3. The number of alkyl halides is 3. The van der Waals surface area contributed by atoms with Crippen molar-refractivity contribution >= 4 is 79.8 Å². The number of nitrogens with zero attached hydrogens (tertiary/aromatic N) is 6. The molecule has 3 N–H and O–H groups in total. The van der Waals surface area contributed by atoms with Gasteiger partial charge < -0.3 is 39.8 Å². The Labute approximate surface area is 415 Å². The van der Waals surface area contributed by atoms with E-state index in [1.165, 1.54) is 12.1 Å². The van der Waals surface area contributed by atoms with E-state index in [9.17, 15) is 27.9 Å². The van der Waals surface area contributed by atoms with Gasteiger partial charge in [0.05, 0.1) is 22.7 Å². The fourth-order valence-electron chi connectivity index (χ4n) is 8.28. The molecule has 0 atom stereocenters. The lowest BCUT2D eigenvalue weighted by Gasteiger charge is -2.37. The molecule has 2 amide bonds. The quantitative estimate of drug-likeness (QED) is 0.0957. The second kappa shape index (κ2) is 23.7. The van der Waals surface area contributed by atoms with E-state index in [0.29, 0.717) is 39.8 Å². The number of pyridine rings is 2. The molecule has 0 saturated carbocycles. The summed E-state index contributed by atoms with van der Waals surface area (Å²) >= 11 is 12.0. The van der Waals surface area contributed by atoms with Gasteiger partial charge in [0.25, 0.3) is 11.8 Å². The van der Waals surface area contributed by atoms with E-state index in [1.54, 1.807) is 24.3 Å². The lowest BCUT2D eigenvalue weighted by molar-refractivity contribution is -0.274. The number of benzene rings is 4. The molecule has 0 unspecified atom stereocenters. The number of amides is 2. The maximum absolute atomic E-state index is 12.4. The number of fused-ring (bicyclic) bond motifs is 2. The van der Waals surface area contributed by atoms with Gasteiger partial charge in [-0.15, -0.1) is 13.2 Å². The summed E-state index contributed by atoms with van der Waals surface area (Å²) in [6.07, 6.45) is -3.77. The molecule has 4 aromatic carbocycles. The predicted molar refractivity (Wildman–Crippen MR) is 270 cm³/mol. The Bertz CT molecular complexity index is 2760. The minimum absolute atomic E-state index is 0.155. The second-order valence-corrected chi connectivity index (χ2v) is 18.2. The van der Waals surface area contributed by atoms with Gasteiger partial charge in [0.1, 0.15) is 28.9 Å². The number of hydrogen-bond donors (Lipinski definition) is 3. The van der Waals surface area contributed by atoms with Crippen LogP contribution >= 0.6 is 23.2 Å². The van der Waals surface area contributed by atoms with Gasteiger partial charge in [-0.25, -0.2) is 9.97 Å². The summed E-state index contributed by atoms with van der Waals surface area (Å²) in [5, 5.41) is 17.7. The molecule has 0 aliphatic carbocycles. The molecule has 14 nitrogen and oxygen atoms in total. The van der Waals surface area contributed by atoms with Gasteiger partial charge >= 0.3 is 6.36 Å². The first-order valence-electron chi connectivity index (χ1n) is 23.1. The molecule has 8 rings (SSSR count). The fraction of sp³-hybridized carbons (Fsp3) is 0.373. The Morgan fingerprint density at radius 1 is 0.686 bits per heavy atom. The summed E-state index contributed by atoms with van der Waals surface area (Å²) in [6, 6.07) is 25.7. The summed E-state index contributed by atoms with van der Waals surface area (Å²) < 4.78 is 51.5. The number of piperazine rings is 1. The van der Waals surface area contributed by atoms with E-state index in [2.05, 4.69) is 61.8 Å². The minimum Gasteiger partial charge on any atom is -0.484 e. The molecule has 2 fully saturated rings. The summed E-state index contributed by atoms with van der Waals surface area (Å²) in [7, 11) is 0. The van der Waals surface area contributed by atoms with E-state index in [-0.39, 0.29) is 37.2 Å². The van der Waals surface area contributed by atoms with Crippen molar-refractivity contribution in [2.75, 3.05) is 99.2 Å². The summed E-state index contributed by atoms with van der Waals surface area (Å²) in [5.41, 5.74) is 5.18. The van der Waals surface area contributed by atoms with Crippen LogP contribution < -0.4 is 34.6 Å². The molecule has 0 radical (unpaired) electrons. The fourth-order valence-corrected chi connectivity index (χ4v) is 8.74. The van der Waals surface area contributed by atoms with Crippen LogP contribution in [0, 0.1) is 13.8 Å². The maximum atomic E-state index is 12.4. The van der Waals surface area contributed by atoms with E-state index >= 15 is 0 Å². The monoisotopic (exact) mass is 1000 g/mol. The van der Waals surface area contributed by atoms with Gasteiger partial charge in [-0.3, -0.25) is 19.4 Å². The summed E-state index contributed by atoms with van der Waals surface area (Å²) in [4.78, 5) is 43.8. The van der Waals surface area contributed by atoms with Crippen molar-refractivity contribution in [3.63, 3.8) is 0 Å². The molecule has 0 spiro atoms. The zero-order valence-electron chi connectivity index (χ0n) is 39.5. The number of β-amino-alcohol motifs (C(OH)–C–C–N with tert-alkyl or cyclic N) is 1. The van der Waals surface area contributed by atoms with Crippen LogP contribution in [0.2, 0.25) is 10.0 Å². The van der Waals surface area contributed by atoms with Crippen molar-refractivity contribution in [2.45, 2.75) is 46.5 Å². The van der Waals surface area contributed by atoms with Gasteiger partial charge in [0, 0.05) is 85.6 Å². The number of aromatic nitrogens is 2. The highest BCUT2D eigenvalue weighted by atomic mass is 35.5. The van der Waals surface area contributed by atoms with Gasteiger partial charge in [-0.2, -0.15) is 0 Å². The van der Waals surface area contributed by atoms with Crippen molar-refractivity contribution in [3.8, 4) is 17.2 Å². The largest absolute Gasteiger partial charge is 0.573 e. The number of anilines is 4. The SMILES string of the molecule is Cc1cc(N2CCCN(CCO)CC2)nc2ccc(NC(=O)COc3ccc(OC(F)(F)F)cc3)cc12.Cc1cc(N2CCN(C(C)C)CC2)nc2ccc(NC(=O)COc3ccc(Cl)cc3Cl)cc12. The zero-order valence-corrected chi connectivity index (χ0v) is 41.0. The first kappa shape index (κ1) is 51.7. The third-order valence-electron chi connectivity index (χ3n) is 11.9. The third-order valence-corrected chi connectivity index (χ3v) is 12.5. The lowest BCUT2D eigenvalue weighted by atomic mass is 10.1. The topological polar surface area (TPSA) is 145 Å². The number of aliphatic hydroxyl groups excluding tert-OH is 1. The highest BCUT2D eigenvalue weighted by molar-refractivity contribution is 6.35. The Kier molecular flexibility index (Phi) is 17.5. The molecule has 0 bridgehead atoms. The average molecular weight is 1010 g/mol. The number of halogens is 5. The normalized spacial score (nSPS) is 14.8. The van der Waals surface area contributed by atoms with Gasteiger partial charge in [-0.05, 0) is 143 Å². The molecule has 70 heavy (non-hydrogen) atoms. The van der Waals surface area contributed by atoms with Crippen LogP contribution in [0.4, 0.5) is 36.2 Å². The van der Waals surface area contributed by atoms with Crippen LogP contribution in [0.5, 0.6) is 17.2 Å².